The molecular formula is C26H22NO+. The van der Waals surface area contributed by atoms with Crippen molar-refractivity contribution in [2.45, 2.75) is 13.8 Å². The van der Waals surface area contributed by atoms with Gasteiger partial charge in [0.05, 0.1) is 5.56 Å². The Kier molecular flexibility index (Phi) is 3.80. The van der Waals surface area contributed by atoms with Gasteiger partial charge in [-0.05, 0) is 36.6 Å². The highest BCUT2D eigenvalue weighted by molar-refractivity contribution is 6.09. The molecule has 3 aromatic carbocycles. The molecule has 0 spiro atoms. The molecule has 0 aliphatic rings. The number of para-hydroxylation sites is 1. The molecule has 136 valence electrons. The molecule has 0 radical (unpaired) electrons. The smallest absolute Gasteiger partial charge is 0.216 e. The monoisotopic (exact) mass is 364 g/mol. The van der Waals surface area contributed by atoms with E-state index in [-0.39, 0.29) is 0 Å². The zero-order valence-corrected chi connectivity index (χ0v) is 16.4. The number of fused-ring (bicyclic) bond motifs is 3. The number of aryl methyl sites for hydroxylation is 3. The van der Waals surface area contributed by atoms with Crippen molar-refractivity contribution in [3.05, 3.63) is 90.1 Å². The SMILES string of the molecule is Cc1c[n+](C)c(-c2c(C)ccc3c2oc2ccccc23)cc1-c1ccccc1. The predicted molar refractivity (Wildman–Crippen MR) is 115 cm³/mol. The highest BCUT2D eigenvalue weighted by atomic mass is 16.3. The van der Waals surface area contributed by atoms with E-state index in [2.05, 4.69) is 92.3 Å². The topological polar surface area (TPSA) is 17.0 Å². The average Bonchev–Trinajstić information content (AvgIpc) is 3.08. The highest BCUT2D eigenvalue weighted by Gasteiger charge is 2.22. The molecule has 0 bridgehead atoms. The van der Waals surface area contributed by atoms with Gasteiger partial charge in [0.2, 0.25) is 5.69 Å². The average molecular weight is 364 g/mol. The summed E-state index contributed by atoms with van der Waals surface area (Å²) in [6.45, 7) is 4.32. The minimum absolute atomic E-state index is 0.933. The van der Waals surface area contributed by atoms with Crippen LogP contribution < -0.4 is 4.57 Å². The molecule has 0 saturated heterocycles. The van der Waals surface area contributed by atoms with E-state index in [0.29, 0.717) is 0 Å². The van der Waals surface area contributed by atoms with E-state index >= 15 is 0 Å². The van der Waals surface area contributed by atoms with Crippen LogP contribution in [-0.4, -0.2) is 0 Å². The fraction of sp³-hybridized carbons (Fsp3) is 0.115. The highest BCUT2D eigenvalue weighted by Crippen LogP contribution is 2.38. The second-order valence-corrected chi connectivity index (χ2v) is 7.46. The van der Waals surface area contributed by atoms with Crippen molar-refractivity contribution in [1.82, 2.24) is 0 Å². The Bertz CT molecular complexity index is 1330. The van der Waals surface area contributed by atoms with Gasteiger partial charge in [-0.25, -0.2) is 4.57 Å². The van der Waals surface area contributed by atoms with Gasteiger partial charge in [-0.1, -0.05) is 60.7 Å². The van der Waals surface area contributed by atoms with Crippen molar-refractivity contribution >= 4 is 21.9 Å². The number of hydrogen-bond donors (Lipinski definition) is 0. The van der Waals surface area contributed by atoms with Crippen LogP contribution in [0.25, 0.3) is 44.3 Å². The summed E-state index contributed by atoms with van der Waals surface area (Å²) in [6.07, 6.45) is 2.21. The summed E-state index contributed by atoms with van der Waals surface area (Å²) in [6, 6.07) is 25.5. The van der Waals surface area contributed by atoms with Gasteiger partial charge in [0.25, 0.3) is 0 Å². The van der Waals surface area contributed by atoms with E-state index < -0.39 is 0 Å². The van der Waals surface area contributed by atoms with Gasteiger partial charge in [0.1, 0.15) is 18.2 Å². The summed E-state index contributed by atoms with van der Waals surface area (Å²) in [4.78, 5) is 0. The van der Waals surface area contributed by atoms with E-state index in [1.165, 1.54) is 22.3 Å². The number of nitrogens with zero attached hydrogens (tertiary/aromatic N) is 1. The summed E-state index contributed by atoms with van der Waals surface area (Å²) in [5.74, 6) is 0. The molecular weight excluding hydrogens is 342 g/mol. The first kappa shape index (κ1) is 16.8. The van der Waals surface area contributed by atoms with Crippen LogP contribution in [-0.2, 0) is 7.05 Å². The van der Waals surface area contributed by atoms with Crippen LogP contribution in [0, 0.1) is 13.8 Å². The molecule has 0 N–H and O–H groups in total. The summed E-state index contributed by atoms with van der Waals surface area (Å²) < 4.78 is 8.54. The van der Waals surface area contributed by atoms with Gasteiger partial charge in [0, 0.05) is 22.4 Å². The second-order valence-electron chi connectivity index (χ2n) is 7.46. The second kappa shape index (κ2) is 6.35. The van der Waals surface area contributed by atoms with Crippen LogP contribution in [0.4, 0.5) is 0 Å². The number of rotatable bonds is 2. The van der Waals surface area contributed by atoms with Crippen molar-refractivity contribution in [2.24, 2.45) is 7.05 Å². The maximum atomic E-state index is 6.34. The molecule has 5 rings (SSSR count). The third kappa shape index (κ3) is 2.53. The molecule has 0 amide bonds. The Hall–Kier alpha value is -3.39. The van der Waals surface area contributed by atoms with Crippen LogP contribution >= 0.6 is 0 Å². The molecule has 28 heavy (non-hydrogen) atoms. The van der Waals surface area contributed by atoms with Crippen LogP contribution in [0.2, 0.25) is 0 Å². The fourth-order valence-corrected chi connectivity index (χ4v) is 4.16. The Morgan fingerprint density at radius 2 is 1.50 bits per heavy atom. The van der Waals surface area contributed by atoms with E-state index in [1.807, 2.05) is 12.1 Å². The maximum absolute atomic E-state index is 6.34. The number of aromatic nitrogens is 1. The molecule has 2 heteroatoms. The summed E-state index contributed by atoms with van der Waals surface area (Å²) in [7, 11) is 2.11. The van der Waals surface area contributed by atoms with Crippen LogP contribution in [0.1, 0.15) is 11.1 Å². The van der Waals surface area contributed by atoms with E-state index in [0.717, 1.165) is 33.2 Å². The Labute approximate surface area is 164 Å². The van der Waals surface area contributed by atoms with Gasteiger partial charge in [-0.2, -0.15) is 0 Å². The van der Waals surface area contributed by atoms with Gasteiger partial charge < -0.3 is 4.42 Å². The van der Waals surface area contributed by atoms with Gasteiger partial charge >= 0.3 is 0 Å². The molecule has 2 nitrogen and oxygen atoms in total. The Balaban J connectivity index is 1.84. The zero-order valence-electron chi connectivity index (χ0n) is 16.4. The third-order valence-corrected chi connectivity index (χ3v) is 5.57. The maximum Gasteiger partial charge on any atom is 0.216 e. The van der Waals surface area contributed by atoms with Crippen LogP contribution in [0.3, 0.4) is 0 Å². The largest absolute Gasteiger partial charge is 0.455 e. The van der Waals surface area contributed by atoms with E-state index in [1.54, 1.807) is 0 Å². The Morgan fingerprint density at radius 3 is 2.32 bits per heavy atom. The van der Waals surface area contributed by atoms with Crippen molar-refractivity contribution in [3.63, 3.8) is 0 Å². The Morgan fingerprint density at radius 1 is 0.750 bits per heavy atom. The molecule has 2 aromatic heterocycles. The van der Waals surface area contributed by atoms with Gasteiger partial charge in [0.15, 0.2) is 6.20 Å². The van der Waals surface area contributed by atoms with E-state index in [9.17, 15) is 0 Å². The van der Waals surface area contributed by atoms with Crippen LogP contribution in [0.15, 0.2) is 83.4 Å². The number of benzene rings is 3. The predicted octanol–water partition coefficient (Wildman–Crippen LogP) is 6.36. The molecule has 0 fully saturated rings. The quantitative estimate of drug-likeness (QED) is 0.333. The molecule has 0 aliphatic heterocycles. The van der Waals surface area contributed by atoms with Crippen molar-refractivity contribution in [1.29, 1.82) is 0 Å². The molecule has 0 saturated carbocycles. The third-order valence-electron chi connectivity index (χ3n) is 5.57. The molecule has 0 aliphatic carbocycles. The summed E-state index contributed by atoms with van der Waals surface area (Å²) in [5, 5.41) is 2.33. The molecule has 0 unspecified atom stereocenters. The first-order valence-corrected chi connectivity index (χ1v) is 9.60. The first-order valence-electron chi connectivity index (χ1n) is 9.60. The molecule has 0 atom stereocenters. The van der Waals surface area contributed by atoms with Crippen molar-refractivity contribution in [2.75, 3.05) is 0 Å². The summed E-state index contributed by atoms with van der Waals surface area (Å²) >= 11 is 0. The lowest BCUT2D eigenvalue weighted by Crippen LogP contribution is -2.31. The van der Waals surface area contributed by atoms with E-state index in [4.69, 9.17) is 4.42 Å². The normalized spacial score (nSPS) is 11.4. The van der Waals surface area contributed by atoms with Crippen molar-refractivity contribution < 1.29 is 8.98 Å². The molecule has 5 aromatic rings. The van der Waals surface area contributed by atoms with Gasteiger partial charge in [-0.15, -0.1) is 0 Å². The van der Waals surface area contributed by atoms with Gasteiger partial charge in [-0.3, -0.25) is 0 Å². The standard InChI is InChI=1S/C26H22NO/c1-17-13-14-21-20-11-7-8-12-24(20)28-26(21)25(17)23-15-22(18(2)16-27(23)3)19-9-5-4-6-10-19/h4-16H,1-3H3/q+1. The lowest BCUT2D eigenvalue weighted by molar-refractivity contribution is -0.660. The molecule has 2 heterocycles. The lowest BCUT2D eigenvalue weighted by atomic mass is 9.96. The zero-order chi connectivity index (χ0) is 19.3. The minimum atomic E-state index is 0.933. The number of pyridine rings is 1. The van der Waals surface area contributed by atoms with Crippen molar-refractivity contribution in [3.8, 4) is 22.4 Å². The summed E-state index contributed by atoms with van der Waals surface area (Å²) in [5.41, 5.74) is 9.16. The minimum Gasteiger partial charge on any atom is -0.455 e. The first-order chi connectivity index (χ1) is 13.6. The number of furan rings is 1. The lowest BCUT2D eigenvalue weighted by Gasteiger charge is -2.10. The number of hydrogen-bond acceptors (Lipinski definition) is 1. The van der Waals surface area contributed by atoms with Crippen LogP contribution in [0.5, 0.6) is 0 Å². The fourth-order valence-electron chi connectivity index (χ4n) is 4.16.